The molecule has 98 valence electrons. The van der Waals surface area contributed by atoms with Gasteiger partial charge in [-0.1, -0.05) is 12.1 Å². The van der Waals surface area contributed by atoms with Gasteiger partial charge >= 0.3 is 0 Å². The zero-order valence-corrected chi connectivity index (χ0v) is 11.9. The molecular formula is C17H24O. The molecule has 0 radical (unpaired) electrons. The molecule has 0 aliphatic heterocycles. The second kappa shape index (κ2) is 4.29. The van der Waals surface area contributed by atoms with Gasteiger partial charge in [0.05, 0.1) is 7.11 Å². The lowest BCUT2D eigenvalue weighted by Gasteiger charge is -2.47. The molecule has 1 aromatic carbocycles. The first kappa shape index (κ1) is 12.1. The quantitative estimate of drug-likeness (QED) is 0.742. The molecule has 2 bridgehead atoms. The number of fused-ring (bicyclic) bond motifs is 3. The molecule has 3 aliphatic rings. The topological polar surface area (TPSA) is 9.23 Å². The van der Waals surface area contributed by atoms with Gasteiger partial charge in [0.1, 0.15) is 5.75 Å². The Balaban J connectivity index is 2.01. The average Bonchev–Trinajstić information content (AvgIpc) is 2.40. The van der Waals surface area contributed by atoms with Crippen LogP contribution in [0, 0.1) is 19.8 Å². The van der Waals surface area contributed by atoms with Crippen LogP contribution in [0.3, 0.4) is 0 Å². The van der Waals surface area contributed by atoms with Crippen LogP contribution in [0.1, 0.15) is 55.2 Å². The van der Waals surface area contributed by atoms with Crippen molar-refractivity contribution in [2.24, 2.45) is 5.92 Å². The van der Waals surface area contributed by atoms with Crippen molar-refractivity contribution in [3.63, 3.8) is 0 Å². The molecule has 0 unspecified atom stereocenters. The summed E-state index contributed by atoms with van der Waals surface area (Å²) in [5.41, 5.74) is 4.68. The molecule has 18 heavy (non-hydrogen) atoms. The predicted octanol–water partition coefficient (Wildman–Crippen LogP) is 4.53. The zero-order valence-electron chi connectivity index (χ0n) is 11.9. The Morgan fingerprint density at radius 2 is 1.50 bits per heavy atom. The van der Waals surface area contributed by atoms with Gasteiger partial charge in [-0.3, -0.25) is 0 Å². The van der Waals surface area contributed by atoms with E-state index in [0.717, 1.165) is 11.7 Å². The van der Waals surface area contributed by atoms with E-state index in [1.54, 1.807) is 12.7 Å². The Kier molecular flexibility index (Phi) is 2.88. The number of aryl methyl sites for hydroxylation is 2. The molecule has 0 heterocycles. The van der Waals surface area contributed by atoms with Crippen molar-refractivity contribution in [2.45, 2.75) is 57.8 Å². The third kappa shape index (κ3) is 1.75. The van der Waals surface area contributed by atoms with E-state index in [2.05, 4.69) is 26.0 Å². The Morgan fingerprint density at radius 3 is 1.94 bits per heavy atom. The molecule has 3 saturated carbocycles. The van der Waals surface area contributed by atoms with Crippen molar-refractivity contribution in [1.29, 1.82) is 0 Å². The van der Waals surface area contributed by atoms with Crippen LogP contribution >= 0.6 is 0 Å². The van der Waals surface area contributed by atoms with Crippen molar-refractivity contribution in [1.82, 2.24) is 0 Å². The summed E-state index contributed by atoms with van der Waals surface area (Å²) in [5, 5.41) is 0. The molecule has 3 aliphatic carbocycles. The van der Waals surface area contributed by atoms with Gasteiger partial charge in [-0.15, -0.1) is 0 Å². The highest BCUT2D eigenvalue weighted by Crippen LogP contribution is 2.52. The zero-order chi connectivity index (χ0) is 12.8. The number of ether oxygens (including phenoxy) is 1. The number of hydrogen-bond donors (Lipinski definition) is 0. The number of hydrogen-bond acceptors (Lipinski definition) is 1. The number of rotatable bonds is 2. The van der Waals surface area contributed by atoms with Crippen molar-refractivity contribution in [2.75, 3.05) is 7.11 Å². The molecule has 0 spiro atoms. The van der Waals surface area contributed by atoms with E-state index in [1.165, 1.54) is 49.7 Å². The summed E-state index contributed by atoms with van der Waals surface area (Å²) in [4.78, 5) is 0. The van der Waals surface area contributed by atoms with E-state index in [4.69, 9.17) is 4.74 Å². The SMILES string of the molecule is COc1c(C)cc(C23CCC(CC2)CC3)cc1C. The highest BCUT2D eigenvalue weighted by molar-refractivity contribution is 5.46. The Hall–Kier alpha value is -0.980. The normalized spacial score (nSPS) is 30.5. The van der Waals surface area contributed by atoms with Gasteiger partial charge in [-0.25, -0.2) is 0 Å². The molecule has 1 nitrogen and oxygen atoms in total. The van der Waals surface area contributed by atoms with Crippen molar-refractivity contribution < 1.29 is 4.74 Å². The minimum absolute atomic E-state index is 0.497. The lowest BCUT2D eigenvalue weighted by atomic mass is 9.58. The van der Waals surface area contributed by atoms with E-state index in [1.807, 2.05) is 0 Å². The second-order valence-electron chi connectivity index (χ2n) is 6.41. The first-order valence-electron chi connectivity index (χ1n) is 7.30. The number of benzene rings is 1. The first-order chi connectivity index (χ1) is 8.64. The summed E-state index contributed by atoms with van der Waals surface area (Å²) in [6.07, 6.45) is 8.56. The van der Waals surface area contributed by atoms with Gasteiger partial charge in [-0.2, -0.15) is 0 Å². The summed E-state index contributed by atoms with van der Waals surface area (Å²) < 4.78 is 5.49. The molecule has 1 aromatic rings. The lowest BCUT2D eigenvalue weighted by Crippen LogP contribution is -2.37. The molecule has 0 N–H and O–H groups in total. The predicted molar refractivity (Wildman–Crippen MR) is 75.3 cm³/mol. The smallest absolute Gasteiger partial charge is 0.124 e. The molecule has 0 amide bonds. The largest absolute Gasteiger partial charge is 0.496 e. The molecule has 0 aromatic heterocycles. The van der Waals surface area contributed by atoms with Crippen LogP contribution in [0.25, 0.3) is 0 Å². The van der Waals surface area contributed by atoms with Crippen LogP contribution in [0.15, 0.2) is 12.1 Å². The maximum Gasteiger partial charge on any atom is 0.124 e. The standard InChI is InChI=1S/C17H24O/c1-12-10-15(11-13(2)16(12)18-3)17-7-4-14(5-8-17)6-9-17/h10-11,14H,4-9H2,1-3H3. The summed E-state index contributed by atoms with van der Waals surface area (Å²) >= 11 is 0. The van der Waals surface area contributed by atoms with Gasteiger partial charge < -0.3 is 4.74 Å². The molecule has 0 saturated heterocycles. The van der Waals surface area contributed by atoms with Crippen LogP contribution in [0.5, 0.6) is 5.75 Å². The van der Waals surface area contributed by atoms with E-state index in [-0.39, 0.29) is 0 Å². The van der Waals surface area contributed by atoms with Crippen LogP contribution in [-0.4, -0.2) is 7.11 Å². The highest BCUT2D eigenvalue weighted by Gasteiger charge is 2.41. The minimum Gasteiger partial charge on any atom is -0.496 e. The van der Waals surface area contributed by atoms with Crippen LogP contribution < -0.4 is 4.74 Å². The van der Waals surface area contributed by atoms with Crippen LogP contribution in [-0.2, 0) is 5.41 Å². The van der Waals surface area contributed by atoms with Crippen molar-refractivity contribution in [3.05, 3.63) is 28.8 Å². The monoisotopic (exact) mass is 244 g/mol. The minimum atomic E-state index is 0.497. The molecule has 0 atom stereocenters. The molecular weight excluding hydrogens is 220 g/mol. The lowest BCUT2D eigenvalue weighted by molar-refractivity contribution is 0.136. The van der Waals surface area contributed by atoms with Crippen LogP contribution in [0.2, 0.25) is 0 Å². The third-order valence-corrected chi connectivity index (χ3v) is 5.37. The summed E-state index contributed by atoms with van der Waals surface area (Å²) in [7, 11) is 1.78. The fraction of sp³-hybridized carbons (Fsp3) is 0.647. The van der Waals surface area contributed by atoms with Crippen LogP contribution in [0.4, 0.5) is 0 Å². The summed E-state index contributed by atoms with van der Waals surface area (Å²) in [6, 6.07) is 4.77. The molecule has 3 fully saturated rings. The third-order valence-electron chi connectivity index (χ3n) is 5.37. The van der Waals surface area contributed by atoms with Crippen molar-refractivity contribution in [3.8, 4) is 5.75 Å². The van der Waals surface area contributed by atoms with E-state index in [0.29, 0.717) is 5.41 Å². The Bertz CT molecular complexity index is 416. The molecule has 1 heteroatoms. The van der Waals surface area contributed by atoms with E-state index in [9.17, 15) is 0 Å². The number of methoxy groups -OCH3 is 1. The first-order valence-corrected chi connectivity index (χ1v) is 7.30. The maximum atomic E-state index is 5.49. The van der Waals surface area contributed by atoms with Gasteiger partial charge in [-0.05, 0) is 80.4 Å². The van der Waals surface area contributed by atoms with Gasteiger partial charge in [0.25, 0.3) is 0 Å². The summed E-state index contributed by atoms with van der Waals surface area (Å²) in [5.74, 6) is 2.10. The van der Waals surface area contributed by atoms with E-state index < -0.39 is 0 Å². The second-order valence-corrected chi connectivity index (χ2v) is 6.41. The highest BCUT2D eigenvalue weighted by atomic mass is 16.5. The van der Waals surface area contributed by atoms with Gasteiger partial charge in [0.15, 0.2) is 0 Å². The maximum absolute atomic E-state index is 5.49. The fourth-order valence-electron chi connectivity index (χ4n) is 4.26. The van der Waals surface area contributed by atoms with E-state index >= 15 is 0 Å². The van der Waals surface area contributed by atoms with Gasteiger partial charge in [0, 0.05) is 0 Å². The molecule has 4 rings (SSSR count). The average molecular weight is 244 g/mol. The van der Waals surface area contributed by atoms with Crippen molar-refractivity contribution >= 4 is 0 Å². The Morgan fingerprint density at radius 1 is 1.00 bits per heavy atom. The fourth-order valence-corrected chi connectivity index (χ4v) is 4.26. The summed E-state index contributed by atoms with van der Waals surface area (Å²) in [6.45, 7) is 4.36. The Labute approximate surface area is 111 Å². The van der Waals surface area contributed by atoms with Gasteiger partial charge in [0.2, 0.25) is 0 Å².